The van der Waals surface area contributed by atoms with Gasteiger partial charge in [0.25, 0.3) is 0 Å². The molecule has 2 N–H and O–H groups in total. The second-order valence-corrected chi connectivity index (χ2v) is 4.34. The fraction of sp³-hybridized carbons (Fsp3) is 0.167. The van der Waals surface area contributed by atoms with Gasteiger partial charge in [-0.05, 0) is 24.3 Å². The van der Waals surface area contributed by atoms with Crippen LogP contribution in [0.2, 0.25) is 0 Å². The van der Waals surface area contributed by atoms with Gasteiger partial charge in [-0.2, -0.15) is 0 Å². The van der Waals surface area contributed by atoms with E-state index in [9.17, 15) is 0 Å². The fourth-order valence-corrected chi connectivity index (χ4v) is 1.61. The third kappa shape index (κ3) is 3.68. The van der Waals surface area contributed by atoms with E-state index in [-0.39, 0.29) is 0 Å². The van der Waals surface area contributed by atoms with E-state index in [1.165, 1.54) is 0 Å². The number of nitrogens with one attached hydrogen (secondary N) is 2. The molecule has 2 heterocycles. The summed E-state index contributed by atoms with van der Waals surface area (Å²) in [6.07, 6.45) is 3.24. The summed E-state index contributed by atoms with van der Waals surface area (Å²) in [5.74, 6) is 1.62. The molecule has 0 bridgehead atoms. The van der Waals surface area contributed by atoms with Crippen molar-refractivity contribution in [3.63, 3.8) is 0 Å². The summed E-state index contributed by atoms with van der Waals surface area (Å²) in [4.78, 5) is 0.987. The van der Waals surface area contributed by atoms with Crippen molar-refractivity contribution in [2.75, 3.05) is 0 Å². The van der Waals surface area contributed by atoms with Gasteiger partial charge in [0.2, 0.25) is 0 Å². The molecule has 0 atom stereocenters. The van der Waals surface area contributed by atoms with Gasteiger partial charge in [0, 0.05) is 0 Å². The highest BCUT2D eigenvalue weighted by Crippen LogP contribution is 2.00. The van der Waals surface area contributed by atoms with Crippen LogP contribution in [0.5, 0.6) is 0 Å². The zero-order chi connectivity index (χ0) is 12.8. The van der Waals surface area contributed by atoms with Crippen LogP contribution in [0, 0.1) is 0 Å². The molecule has 94 valence electrons. The maximum atomic E-state index is 5.18. The first-order chi connectivity index (χ1) is 8.75. The summed E-state index contributed by atoms with van der Waals surface area (Å²) < 4.78 is 10.4. The Morgan fingerprint density at radius 3 is 1.67 bits per heavy atom. The largest absolute Gasteiger partial charge is 0.467 e. The third-order valence-corrected chi connectivity index (χ3v) is 3.04. The number of furan rings is 2. The van der Waals surface area contributed by atoms with Gasteiger partial charge in [-0.15, -0.1) is 0 Å². The first kappa shape index (κ1) is 12.8. The molecule has 4 nitrogen and oxygen atoms in total. The normalized spacial score (nSPS) is 10.0. The van der Waals surface area contributed by atoms with Crippen LogP contribution in [0.25, 0.3) is 0 Å². The zero-order valence-electron chi connectivity index (χ0n) is 9.51. The number of hydrogen-bond acceptors (Lipinski definition) is 4. The molecule has 6 heteroatoms. The average Bonchev–Trinajstić information content (AvgIpc) is 3.05. The Kier molecular flexibility index (Phi) is 4.49. The maximum Gasteiger partial charge on any atom is 0.134 e. The number of hydrogen-bond donors (Lipinski definition) is 2. The highest BCUT2D eigenvalue weighted by Gasteiger charge is 2.05. The van der Waals surface area contributed by atoms with Crippen molar-refractivity contribution in [1.29, 1.82) is 0 Å². The third-order valence-electron chi connectivity index (χ3n) is 2.21. The van der Waals surface area contributed by atoms with Crippen LogP contribution in [0.1, 0.15) is 11.5 Å². The molecule has 0 spiro atoms. The van der Waals surface area contributed by atoms with Gasteiger partial charge in [-0.3, -0.25) is 0 Å². The van der Waals surface area contributed by atoms with Crippen LogP contribution < -0.4 is 10.6 Å². The second-order valence-electron chi connectivity index (χ2n) is 3.52. The van der Waals surface area contributed by atoms with Crippen molar-refractivity contribution < 1.29 is 8.83 Å². The minimum atomic E-state index is 0.493. The van der Waals surface area contributed by atoms with E-state index in [0.29, 0.717) is 23.1 Å². The standard InChI is InChI=1S/C12H12N2O2S2/c17-11(13-7-9-3-1-5-15-9)12(18)14-8-10-4-2-6-16-10/h1-6H,7-8H2,(H,13,17)(H,14,18). The zero-order valence-corrected chi connectivity index (χ0v) is 11.1. The molecule has 2 aromatic heterocycles. The lowest BCUT2D eigenvalue weighted by Crippen LogP contribution is -2.36. The van der Waals surface area contributed by atoms with Gasteiger partial charge in [-0.1, -0.05) is 24.4 Å². The lowest BCUT2D eigenvalue weighted by Gasteiger charge is -2.09. The van der Waals surface area contributed by atoms with Crippen LogP contribution in [0.3, 0.4) is 0 Å². The summed E-state index contributed by atoms with van der Waals surface area (Å²) in [6.45, 7) is 1.04. The molecule has 0 aromatic carbocycles. The smallest absolute Gasteiger partial charge is 0.134 e. The van der Waals surface area contributed by atoms with Gasteiger partial charge < -0.3 is 19.5 Å². The van der Waals surface area contributed by atoms with Crippen molar-refractivity contribution in [3.05, 3.63) is 48.3 Å². The van der Waals surface area contributed by atoms with E-state index in [2.05, 4.69) is 10.6 Å². The highest BCUT2D eigenvalue weighted by molar-refractivity contribution is 7.89. The first-order valence-corrected chi connectivity index (χ1v) is 6.18. The van der Waals surface area contributed by atoms with Crippen molar-refractivity contribution in [2.24, 2.45) is 0 Å². The van der Waals surface area contributed by atoms with Crippen LogP contribution >= 0.6 is 24.4 Å². The molecular formula is C12H12N2O2S2. The quantitative estimate of drug-likeness (QED) is 0.839. The van der Waals surface area contributed by atoms with Crippen LogP contribution in [0.4, 0.5) is 0 Å². The van der Waals surface area contributed by atoms with Gasteiger partial charge in [-0.25, -0.2) is 0 Å². The molecule has 0 fully saturated rings. The fourth-order valence-electron chi connectivity index (χ4n) is 1.32. The SMILES string of the molecule is S=C(NCc1ccco1)C(=S)NCc1ccco1. The van der Waals surface area contributed by atoms with Crippen molar-refractivity contribution in [3.8, 4) is 0 Å². The summed E-state index contributed by atoms with van der Waals surface area (Å²) >= 11 is 10.3. The first-order valence-electron chi connectivity index (χ1n) is 5.36. The number of thiocarbonyl (C=S) groups is 2. The molecule has 0 amide bonds. The van der Waals surface area contributed by atoms with Crippen molar-refractivity contribution in [1.82, 2.24) is 10.6 Å². The molecule has 0 aliphatic heterocycles. The minimum absolute atomic E-state index is 0.493. The minimum Gasteiger partial charge on any atom is -0.467 e. The van der Waals surface area contributed by atoms with E-state index in [1.54, 1.807) is 12.5 Å². The Balaban J connectivity index is 1.73. The van der Waals surface area contributed by atoms with Crippen LogP contribution in [-0.4, -0.2) is 9.98 Å². The summed E-state index contributed by atoms with van der Waals surface area (Å²) in [5.41, 5.74) is 0. The molecular weight excluding hydrogens is 268 g/mol. The summed E-state index contributed by atoms with van der Waals surface area (Å²) in [5, 5.41) is 6.04. The summed E-state index contributed by atoms with van der Waals surface area (Å²) in [7, 11) is 0. The van der Waals surface area contributed by atoms with E-state index in [0.717, 1.165) is 11.5 Å². The maximum absolute atomic E-state index is 5.18. The van der Waals surface area contributed by atoms with E-state index < -0.39 is 0 Å². The molecule has 0 radical (unpaired) electrons. The molecule has 0 aliphatic rings. The molecule has 2 aromatic rings. The molecule has 0 saturated carbocycles. The Morgan fingerprint density at radius 1 is 0.889 bits per heavy atom. The van der Waals surface area contributed by atoms with Crippen molar-refractivity contribution >= 4 is 34.4 Å². The predicted octanol–water partition coefficient (Wildman–Crippen LogP) is 2.41. The second kappa shape index (κ2) is 6.32. The van der Waals surface area contributed by atoms with Gasteiger partial charge in [0.15, 0.2) is 0 Å². The Bertz CT molecular complexity index is 458. The molecule has 0 unspecified atom stereocenters. The van der Waals surface area contributed by atoms with Gasteiger partial charge in [0.05, 0.1) is 25.6 Å². The van der Waals surface area contributed by atoms with E-state index >= 15 is 0 Å². The molecule has 18 heavy (non-hydrogen) atoms. The van der Waals surface area contributed by atoms with Gasteiger partial charge >= 0.3 is 0 Å². The Hall–Kier alpha value is -1.66. The topological polar surface area (TPSA) is 50.3 Å². The predicted molar refractivity (Wildman–Crippen MR) is 76.3 cm³/mol. The Morgan fingerprint density at radius 2 is 1.33 bits per heavy atom. The van der Waals surface area contributed by atoms with Crippen LogP contribution in [-0.2, 0) is 13.1 Å². The van der Waals surface area contributed by atoms with E-state index in [1.807, 2.05) is 24.3 Å². The van der Waals surface area contributed by atoms with Crippen molar-refractivity contribution in [2.45, 2.75) is 13.1 Å². The molecule has 2 rings (SSSR count). The lowest BCUT2D eigenvalue weighted by atomic mass is 10.4. The highest BCUT2D eigenvalue weighted by atomic mass is 32.1. The molecule has 0 saturated heterocycles. The Labute approximate surface area is 115 Å². The molecule has 0 aliphatic carbocycles. The lowest BCUT2D eigenvalue weighted by molar-refractivity contribution is 0.502. The van der Waals surface area contributed by atoms with Gasteiger partial charge in [0.1, 0.15) is 21.5 Å². The summed E-state index contributed by atoms with van der Waals surface area (Å²) in [6, 6.07) is 7.39. The number of rotatable bonds is 4. The average molecular weight is 280 g/mol. The van der Waals surface area contributed by atoms with Crippen LogP contribution in [0.15, 0.2) is 45.6 Å². The van der Waals surface area contributed by atoms with E-state index in [4.69, 9.17) is 33.3 Å². The monoisotopic (exact) mass is 280 g/mol.